The summed E-state index contributed by atoms with van der Waals surface area (Å²) in [4.78, 5) is 18.9. The Hall–Kier alpha value is -1.39. The lowest BCUT2D eigenvalue weighted by atomic mass is 10.1. The summed E-state index contributed by atoms with van der Waals surface area (Å²) in [6.45, 7) is 11.2. The number of aliphatic imine (C=N–C) groups is 1. The molecule has 1 amide bonds. The van der Waals surface area contributed by atoms with Crippen LogP contribution in [0.25, 0.3) is 0 Å². The van der Waals surface area contributed by atoms with Gasteiger partial charge in [0.2, 0.25) is 5.91 Å². The summed E-state index contributed by atoms with van der Waals surface area (Å²) in [5.41, 5.74) is 2.35. The number of guanidine groups is 1. The lowest BCUT2D eigenvalue weighted by molar-refractivity contribution is -0.133. The minimum atomic E-state index is 0. The van der Waals surface area contributed by atoms with Gasteiger partial charge in [0.25, 0.3) is 0 Å². The van der Waals surface area contributed by atoms with Gasteiger partial charge in [-0.05, 0) is 37.3 Å². The van der Waals surface area contributed by atoms with Crippen molar-refractivity contribution in [2.75, 3.05) is 32.8 Å². The van der Waals surface area contributed by atoms with E-state index in [1.54, 1.807) is 0 Å². The number of carbonyl (C=O) groups excluding carboxylic acids is 1. The van der Waals surface area contributed by atoms with Crippen molar-refractivity contribution < 1.29 is 14.3 Å². The number of carbonyl (C=O) groups is 1. The molecule has 0 bridgehead atoms. The van der Waals surface area contributed by atoms with E-state index in [0.717, 1.165) is 63.6 Å². The molecule has 2 saturated heterocycles. The predicted molar refractivity (Wildman–Crippen MR) is 138 cm³/mol. The lowest BCUT2D eigenvalue weighted by Crippen LogP contribution is -2.45. The Morgan fingerprint density at radius 3 is 2.53 bits per heavy atom. The summed E-state index contributed by atoms with van der Waals surface area (Å²) < 4.78 is 11.4. The quantitative estimate of drug-likeness (QED) is 0.291. The monoisotopic (exact) mass is 558 g/mol. The van der Waals surface area contributed by atoms with E-state index in [4.69, 9.17) is 14.5 Å². The summed E-state index contributed by atoms with van der Waals surface area (Å²) in [5.74, 6) is 1.08. The third kappa shape index (κ3) is 8.51. The van der Waals surface area contributed by atoms with Crippen LogP contribution in [0.3, 0.4) is 0 Å². The molecule has 180 valence electrons. The average molecular weight is 559 g/mol. The minimum Gasteiger partial charge on any atom is -0.381 e. The number of amides is 1. The smallest absolute Gasteiger partial charge is 0.225 e. The number of ether oxygens (including phenoxy) is 2. The minimum absolute atomic E-state index is 0. The van der Waals surface area contributed by atoms with Crippen LogP contribution in [0.4, 0.5) is 0 Å². The highest BCUT2D eigenvalue weighted by molar-refractivity contribution is 14.0. The molecule has 2 aliphatic heterocycles. The number of hydrogen-bond acceptors (Lipinski definition) is 4. The molecule has 3 rings (SSSR count). The highest BCUT2D eigenvalue weighted by atomic mass is 127. The van der Waals surface area contributed by atoms with E-state index < -0.39 is 0 Å². The fourth-order valence-electron chi connectivity index (χ4n) is 3.92. The van der Waals surface area contributed by atoms with Gasteiger partial charge in [0.15, 0.2) is 5.96 Å². The second-order valence-electron chi connectivity index (χ2n) is 8.70. The lowest BCUT2D eigenvalue weighted by Gasteiger charge is -2.22. The molecule has 7 nitrogen and oxygen atoms in total. The maximum atomic E-state index is 12.2. The maximum Gasteiger partial charge on any atom is 0.225 e. The molecular formula is C24H39IN4O3. The highest BCUT2D eigenvalue weighted by Crippen LogP contribution is 2.15. The van der Waals surface area contributed by atoms with Gasteiger partial charge in [0.1, 0.15) is 0 Å². The van der Waals surface area contributed by atoms with Crippen molar-refractivity contribution in [3.05, 3.63) is 35.4 Å². The second-order valence-corrected chi connectivity index (χ2v) is 8.70. The third-order valence-electron chi connectivity index (χ3n) is 5.78. The Bertz CT molecular complexity index is 720. The number of nitrogens with zero attached hydrogens (tertiary/aromatic N) is 2. The van der Waals surface area contributed by atoms with Crippen LogP contribution in [0.5, 0.6) is 0 Å². The predicted octanol–water partition coefficient (Wildman–Crippen LogP) is 3.31. The molecule has 2 heterocycles. The molecule has 1 atom stereocenters. The SMILES string of the molecule is CCNC(=NCc1ccc(COC2CCOCC2)cc1)NC1CCN(C(=O)C(C)C)C1.I. The molecule has 2 fully saturated rings. The van der Waals surface area contributed by atoms with Gasteiger partial charge in [0, 0.05) is 44.8 Å². The van der Waals surface area contributed by atoms with E-state index in [1.165, 1.54) is 5.56 Å². The number of benzene rings is 1. The van der Waals surface area contributed by atoms with Gasteiger partial charge in [0.05, 0.1) is 19.3 Å². The van der Waals surface area contributed by atoms with Gasteiger partial charge in [-0.3, -0.25) is 4.79 Å². The normalized spacial score (nSPS) is 19.7. The van der Waals surface area contributed by atoms with Crippen molar-refractivity contribution in [3.8, 4) is 0 Å². The molecule has 0 spiro atoms. The maximum absolute atomic E-state index is 12.2. The molecule has 0 saturated carbocycles. The van der Waals surface area contributed by atoms with Crippen LogP contribution in [-0.2, 0) is 27.4 Å². The highest BCUT2D eigenvalue weighted by Gasteiger charge is 2.27. The van der Waals surface area contributed by atoms with Crippen molar-refractivity contribution in [1.82, 2.24) is 15.5 Å². The molecule has 0 aromatic heterocycles. The summed E-state index contributed by atoms with van der Waals surface area (Å²) in [5, 5.41) is 6.81. The third-order valence-corrected chi connectivity index (χ3v) is 5.78. The van der Waals surface area contributed by atoms with Gasteiger partial charge in [-0.15, -0.1) is 24.0 Å². The summed E-state index contributed by atoms with van der Waals surface area (Å²) >= 11 is 0. The first-order chi connectivity index (χ1) is 15.0. The fourth-order valence-corrected chi connectivity index (χ4v) is 3.92. The van der Waals surface area contributed by atoms with Crippen LogP contribution < -0.4 is 10.6 Å². The van der Waals surface area contributed by atoms with Crippen molar-refractivity contribution >= 4 is 35.8 Å². The van der Waals surface area contributed by atoms with Gasteiger partial charge in [-0.1, -0.05) is 38.1 Å². The van der Waals surface area contributed by atoms with Crippen LogP contribution in [0, 0.1) is 5.92 Å². The Labute approximate surface area is 209 Å². The molecule has 32 heavy (non-hydrogen) atoms. The number of rotatable bonds is 8. The topological polar surface area (TPSA) is 75.2 Å². The zero-order valence-corrected chi connectivity index (χ0v) is 22.0. The molecular weight excluding hydrogens is 519 g/mol. The van der Waals surface area contributed by atoms with Crippen molar-refractivity contribution in [1.29, 1.82) is 0 Å². The van der Waals surface area contributed by atoms with Gasteiger partial charge >= 0.3 is 0 Å². The second kappa shape index (κ2) is 14.0. The number of likely N-dealkylation sites (tertiary alicyclic amines) is 1. The molecule has 1 unspecified atom stereocenters. The molecule has 0 aliphatic carbocycles. The van der Waals surface area contributed by atoms with Gasteiger partial charge in [-0.25, -0.2) is 4.99 Å². The van der Waals surface area contributed by atoms with Gasteiger partial charge in [-0.2, -0.15) is 0 Å². The summed E-state index contributed by atoms with van der Waals surface area (Å²) in [7, 11) is 0. The van der Waals surface area contributed by atoms with E-state index in [-0.39, 0.29) is 41.8 Å². The standard InChI is InChI=1S/C24H38N4O3.HI/c1-4-25-24(27-21-9-12-28(16-21)23(29)18(2)3)26-15-19-5-7-20(8-6-19)17-31-22-10-13-30-14-11-22;/h5-8,18,21-22H,4,9-17H2,1-3H3,(H2,25,26,27);1H. The largest absolute Gasteiger partial charge is 0.381 e. The van der Waals surface area contributed by atoms with E-state index in [0.29, 0.717) is 19.3 Å². The van der Waals surface area contributed by atoms with Crippen LogP contribution in [0.15, 0.2) is 29.3 Å². The first-order valence-corrected chi connectivity index (χ1v) is 11.7. The van der Waals surface area contributed by atoms with Crippen LogP contribution in [-0.4, -0.2) is 61.8 Å². The average Bonchev–Trinajstić information content (AvgIpc) is 3.25. The van der Waals surface area contributed by atoms with Crippen LogP contribution in [0.2, 0.25) is 0 Å². The fraction of sp³-hybridized carbons (Fsp3) is 0.667. The molecule has 1 aromatic carbocycles. The molecule has 1 aromatic rings. The first kappa shape index (κ1) is 26.9. The Kier molecular flexibility index (Phi) is 11.7. The van der Waals surface area contributed by atoms with Crippen LogP contribution in [0.1, 0.15) is 51.2 Å². The van der Waals surface area contributed by atoms with E-state index in [2.05, 4.69) is 41.8 Å². The number of hydrogen-bond donors (Lipinski definition) is 2. The molecule has 8 heteroatoms. The number of halogens is 1. The zero-order chi connectivity index (χ0) is 22.1. The van der Waals surface area contributed by atoms with E-state index >= 15 is 0 Å². The van der Waals surface area contributed by atoms with Crippen molar-refractivity contribution in [2.45, 2.75) is 65.3 Å². The Morgan fingerprint density at radius 1 is 1.19 bits per heavy atom. The summed E-state index contributed by atoms with van der Waals surface area (Å²) in [6.07, 6.45) is 3.23. The Morgan fingerprint density at radius 2 is 1.88 bits per heavy atom. The van der Waals surface area contributed by atoms with E-state index in [1.807, 2.05) is 18.7 Å². The summed E-state index contributed by atoms with van der Waals surface area (Å²) in [6, 6.07) is 8.72. The molecule has 2 N–H and O–H groups in total. The van der Waals surface area contributed by atoms with Crippen LogP contribution >= 0.6 is 24.0 Å². The van der Waals surface area contributed by atoms with E-state index in [9.17, 15) is 4.79 Å². The zero-order valence-electron chi connectivity index (χ0n) is 19.6. The van der Waals surface area contributed by atoms with Crippen molar-refractivity contribution in [3.63, 3.8) is 0 Å². The Balaban J connectivity index is 0.00000363. The molecule has 2 aliphatic rings. The van der Waals surface area contributed by atoms with Gasteiger partial charge < -0.3 is 25.0 Å². The number of nitrogens with one attached hydrogen (secondary N) is 2. The molecule has 0 radical (unpaired) electrons. The first-order valence-electron chi connectivity index (χ1n) is 11.7. The van der Waals surface area contributed by atoms with Crippen molar-refractivity contribution in [2.24, 2.45) is 10.9 Å².